The average Bonchev–Trinajstić information content (AvgIpc) is 2.79. The molecular formula is C17H26N2. The highest BCUT2D eigenvalue weighted by atomic mass is 15.2. The molecule has 1 atom stereocenters. The van der Waals surface area contributed by atoms with E-state index in [-0.39, 0.29) is 5.54 Å². The van der Waals surface area contributed by atoms with Gasteiger partial charge in [0, 0.05) is 13.1 Å². The Morgan fingerprint density at radius 1 is 1.21 bits per heavy atom. The molecule has 2 aliphatic rings. The lowest BCUT2D eigenvalue weighted by atomic mass is 9.75. The van der Waals surface area contributed by atoms with Gasteiger partial charge in [-0.3, -0.25) is 4.90 Å². The molecule has 0 bridgehead atoms. The maximum atomic E-state index is 6.28. The predicted molar refractivity (Wildman–Crippen MR) is 80.1 cm³/mol. The summed E-state index contributed by atoms with van der Waals surface area (Å²) < 4.78 is 0. The van der Waals surface area contributed by atoms with Gasteiger partial charge in [-0.2, -0.15) is 0 Å². The molecule has 1 saturated heterocycles. The van der Waals surface area contributed by atoms with Gasteiger partial charge in [0.25, 0.3) is 0 Å². The van der Waals surface area contributed by atoms with Crippen LogP contribution >= 0.6 is 0 Å². The van der Waals surface area contributed by atoms with E-state index in [1.54, 1.807) is 0 Å². The fraction of sp³-hybridized carbons (Fsp3) is 0.647. The maximum Gasteiger partial charge on any atom is 0.0586 e. The van der Waals surface area contributed by atoms with Crippen LogP contribution in [-0.4, -0.2) is 24.5 Å². The van der Waals surface area contributed by atoms with E-state index in [4.69, 9.17) is 5.73 Å². The van der Waals surface area contributed by atoms with Gasteiger partial charge in [-0.25, -0.2) is 0 Å². The van der Waals surface area contributed by atoms with E-state index in [1.165, 1.54) is 49.9 Å². The highest BCUT2D eigenvalue weighted by Gasteiger charge is 2.45. The molecule has 0 amide bonds. The Kier molecular flexibility index (Phi) is 3.18. The molecule has 3 rings (SSSR count). The minimum atomic E-state index is 0.0998. The van der Waals surface area contributed by atoms with Crippen molar-refractivity contribution in [3.8, 4) is 0 Å². The number of nitrogens with two attached hydrogens (primary N) is 1. The van der Waals surface area contributed by atoms with Crippen molar-refractivity contribution >= 4 is 0 Å². The molecule has 1 aromatic rings. The van der Waals surface area contributed by atoms with Gasteiger partial charge in [0.15, 0.2) is 0 Å². The van der Waals surface area contributed by atoms with Gasteiger partial charge in [0.2, 0.25) is 0 Å². The second-order valence-corrected chi connectivity index (χ2v) is 7.08. The third kappa shape index (κ3) is 2.11. The number of benzene rings is 1. The Labute approximate surface area is 117 Å². The molecule has 2 N–H and O–H groups in total. The summed E-state index contributed by atoms with van der Waals surface area (Å²) >= 11 is 0. The molecule has 1 aliphatic carbocycles. The maximum absolute atomic E-state index is 6.28. The van der Waals surface area contributed by atoms with Gasteiger partial charge in [-0.1, -0.05) is 38.1 Å². The lowest BCUT2D eigenvalue weighted by molar-refractivity contribution is 0.0902. The number of hydrogen-bond acceptors (Lipinski definition) is 2. The Morgan fingerprint density at radius 2 is 2.00 bits per heavy atom. The zero-order valence-corrected chi connectivity index (χ0v) is 12.3. The molecule has 1 aliphatic heterocycles. The van der Waals surface area contributed by atoms with Crippen molar-refractivity contribution in [3.63, 3.8) is 0 Å². The fourth-order valence-electron chi connectivity index (χ4n) is 4.05. The summed E-state index contributed by atoms with van der Waals surface area (Å²) in [5, 5.41) is 0. The van der Waals surface area contributed by atoms with Gasteiger partial charge in [0.1, 0.15) is 0 Å². The van der Waals surface area contributed by atoms with E-state index in [1.807, 2.05) is 0 Å². The van der Waals surface area contributed by atoms with Crippen LogP contribution in [0, 0.1) is 5.41 Å². The Balaban J connectivity index is 2.01. The Morgan fingerprint density at radius 3 is 2.68 bits per heavy atom. The minimum absolute atomic E-state index is 0.0998. The average molecular weight is 258 g/mol. The number of nitrogens with zero attached hydrogens (tertiary/aromatic N) is 1. The first kappa shape index (κ1) is 13.1. The van der Waals surface area contributed by atoms with Crippen LogP contribution in [0.2, 0.25) is 0 Å². The minimum Gasteiger partial charge on any atom is -0.328 e. The van der Waals surface area contributed by atoms with E-state index in [0.717, 1.165) is 6.54 Å². The quantitative estimate of drug-likeness (QED) is 0.884. The topological polar surface area (TPSA) is 29.3 Å². The zero-order valence-electron chi connectivity index (χ0n) is 12.3. The third-order valence-corrected chi connectivity index (χ3v) is 5.18. The largest absolute Gasteiger partial charge is 0.328 e. The van der Waals surface area contributed by atoms with Crippen molar-refractivity contribution in [2.45, 2.75) is 45.1 Å². The van der Waals surface area contributed by atoms with E-state index < -0.39 is 0 Å². The normalized spacial score (nSPS) is 30.3. The lowest BCUT2D eigenvalue weighted by Crippen LogP contribution is -2.52. The molecule has 2 heteroatoms. The van der Waals surface area contributed by atoms with E-state index in [0.29, 0.717) is 5.41 Å². The molecule has 1 aromatic carbocycles. The van der Waals surface area contributed by atoms with Gasteiger partial charge in [-0.15, -0.1) is 0 Å². The van der Waals surface area contributed by atoms with E-state index >= 15 is 0 Å². The number of likely N-dealkylation sites (tertiary alicyclic amines) is 1. The van der Waals surface area contributed by atoms with Crippen LogP contribution in [0.15, 0.2) is 24.3 Å². The lowest BCUT2D eigenvalue weighted by Gasteiger charge is -2.46. The summed E-state index contributed by atoms with van der Waals surface area (Å²) in [6.45, 7) is 7.88. The SMILES string of the molecule is CC1(C)CCN(C2(CN)CCCc3ccccc32)C1. The van der Waals surface area contributed by atoms with Gasteiger partial charge < -0.3 is 5.73 Å². The van der Waals surface area contributed by atoms with Crippen LogP contribution in [0.5, 0.6) is 0 Å². The Hall–Kier alpha value is -0.860. The number of fused-ring (bicyclic) bond motifs is 1. The first-order valence-corrected chi connectivity index (χ1v) is 7.61. The van der Waals surface area contributed by atoms with Crippen LogP contribution in [0.4, 0.5) is 0 Å². The number of aryl methyl sites for hydroxylation is 1. The summed E-state index contributed by atoms with van der Waals surface area (Å²) in [6.07, 6.45) is 4.99. The second-order valence-electron chi connectivity index (χ2n) is 7.08. The molecule has 19 heavy (non-hydrogen) atoms. The zero-order chi connectivity index (χ0) is 13.5. The molecule has 0 aromatic heterocycles. The van der Waals surface area contributed by atoms with Crippen molar-refractivity contribution in [2.75, 3.05) is 19.6 Å². The highest BCUT2D eigenvalue weighted by molar-refractivity contribution is 5.37. The van der Waals surface area contributed by atoms with Crippen LogP contribution in [0.3, 0.4) is 0 Å². The monoisotopic (exact) mass is 258 g/mol. The van der Waals surface area contributed by atoms with E-state index in [9.17, 15) is 0 Å². The van der Waals surface area contributed by atoms with Crippen molar-refractivity contribution in [1.82, 2.24) is 4.90 Å². The molecule has 0 saturated carbocycles. The number of hydrogen-bond donors (Lipinski definition) is 1. The third-order valence-electron chi connectivity index (χ3n) is 5.18. The van der Waals surface area contributed by atoms with Crippen molar-refractivity contribution < 1.29 is 0 Å². The van der Waals surface area contributed by atoms with E-state index in [2.05, 4.69) is 43.0 Å². The van der Waals surface area contributed by atoms with Crippen LogP contribution in [-0.2, 0) is 12.0 Å². The van der Waals surface area contributed by atoms with Gasteiger partial charge >= 0.3 is 0 Å². The van der Waals surface area contributed by atoms with Crippen LogP contribution in [0.1, 0.15) is 44.2 Å². The standard InChI is InChI=1S/C17H26N2/c1-16(2)10-11-19(13-16)17(12-18)9-5-7-14-6-3-4-8-15(14)17/h3-4,6,8H,5,7,9-13,18H2,1-2H3. The molecule has 1 unspecified atom stereocenters. The molecule has 104 valence electrons. The van der Waals surface area contributed by atoms with Gasteiger partial charge in [-0.05, 0) is 48.8 Å². The Bertz CT molecular complexity index is 466. The predicted octanol–water partition coefficient (Wildman–Crippen LogP) is 2.91. The van der Waals surface area contributed by atoms with Crippen molar-refractivity contribution in [2.24, 2.45) is 11.1 Å². The summed E-state index contributed by atoms with van der Waals surface area (Å²) in [5.74, 6) is 0. The van der Waals surface area contributed by atoms with Gasteiger partial charge in [0.05, 0.1) is 5.54 Å². The molecule has 2 nitrogen and oxygen atoms in total. The summed E-state index contributed by atoms with van der Waals surface area (Å²) in [5.41, 5.74) is 9.84. The molecule has 1 fully saturated rings. The second kappa shape index (κ2) is 4.60. The summed E-state index contributed by atoms with van der Waals surface area (Å²) in [4.78, 5) is 2.67. The first-order valence-electron chi connectivity index (χ1n) is 7.61. The first-order chi connectivity index (χ1) is 9.07. The molecule has 0 radical (unpaired) electrons. The molecular weight excluding hydrogens is 232 g/mol. The van der Waals surface area contributed by atoms with Crippen LogP contribution in [0.25, 0.3) is 0 Å². The molecule has 1 heterocycles. The fourth-order valence-corrected chi connectivity index (χ4v) is 4.05. The summed E-state index contributed by atoms with van der Waals surface area (Å²) in [6, 6.07) is 8.95. The number of rotatable bonds is 2. The highest BCUT2D eigenvalue weighted by Crippen LogP contribution is 2.44. The van der Waals surface area contributed by atoms with Crippen LogP contribution < -0.4 is 5.73 Å². The van der Waals surface area contributed by atoms with Crippen molar-refractivity contribution in [1.29, 1.82) is 0 Å². The molecule has 0 spiro atoms. The summed E-state index contributed by atoms with van der Waals surface area (Å²) in [7, 11) is 0. The smallest absolute Gasteiger partial charge is 0.0586 e. The van der Waals surface area contributed by atoms with Crippen molar-refractivity contribution in [3.05, 3.63) is 35.4 Å².